The molecular formula is C31H37N3O10. The van der Waals surface area contributed by atoms with Crippen LogP contribution in [0.3, 0.4) is 0 Å². The lowest BCUT2D eigenvalue weighted by molar-refractivity contribution is -0.185. The van der Waals surface area contributed by atoms with Crippen LogP contribution in [0, 0.1) is 17.8 Å². The maximum atomic E-state index is 14.3. The van der Waals surface area contributed by atoms with Crippen molar-refractivity contribution in [3.8, 4) is 5.75 Å². The van der Waals surface area contributed by atoms with Gasteiger partial charge in [-0.3, -0.25) is 28.9 Å². The molecule has 0 aliphatic heterocycles. The second kappa shape index (κ2) is 11.0. The van der Waals surface area contributed by atoms with Gasteiger partial charge in [-0.15, -0.1) is 0 Å². The number of esters is 1. The highest BCUT2D eigenvalue weighted by molar-refractivity contribution is 6.24. The number of aliphatic hydroxyl groups is 3. The number of phenolic OH excluding ortho intramolecular Hbond substituents is 1. The summed E-state index contributed by atoms with van der Waals surface area (Å²) in [4.78, 5) is 67.6. The number of aliphatic hydroxyl groups excluding tert-OH is 2. The van der Waals surface area contributed by atoms with E-state index >= 15 is 0 Å². The second-order valence-electron chi connectivity index (χ2n) is 12.3. The monoisotopic (exact) mass is 611 g/mol. The molecule has 0 unspecified atom stereocenters. The molecule has 0 aromatic heterocycles. The van der Waals surface area contributed by atoms with E-state index in [2.05, 4.69) is 5.32 Å². The van der Waals surface area contributed by atoms with E-state index < -0.39 is 87.4 Å². The van der Waals surface area contributed by atoms with Gasteiger partial charge in [-0.05, 0) is 50.6 Å². The molecule has 13 heteroatoms. The quantitative estimate of drug-likeness (QED) is 0.154. The molecular weight excluding hydrogens is 574 g/mol. The highest BCUT2D eigenvalue weighted by Gasteiger charge is 2.69. The van der Waals surface area contributed by atoms with Gasteiger partial charge in [0.15, 0.2) is 11.4 Å². The number of amides is 2. The summed E-state index contributed by atoms with van der Waals surface area (Å²) in [5.74, 6) is -11.0. The number of ketones is 2. The first-order valence-corrected chi connectivity index (χ1v) is 14.7. The van der Waals surface area contributed by atoms with Crippen LogP contribution in [-0.4, -0.2) is 86.5 Å². The van der Waals surface area contributed by atoms with Gasteiger partial charge >= 0.3 is 5.97 Å². The topological polar surface area (TPSA) is 217 Å². The number of primary amides is 1. The van der Waals surface area contributed by atoms with Crippen molar-refractivity contribution in [1.29, 1.82) is 0 Å². The number of nitrogens with one attached hydrogen (secondary N) is 1. The molecule has 0 spiro atoms. The Morgan fingerprint density at radius 2 is 1.75 bits per heavy atom. The van der Waals surface area contributed by atoms with Gasteiger partial charge in [0, 0.05) is 29.5 Å². The van der Waals surface area contributed by atoms with Crippen molar-refractivity contribution in [2.45, 2.75) is 69.6 Å². The van der Waals surface area contributed by atoms with Crippen molar-refractivity contribution in [2.75, 3.05) is 19.4 Å². The molecule has 13 nitrogen and oxygen atoms in total. The molecule has 5 rings (SSSR count). The number of likely N-dealkylation sites (N-methyl/N-ethyl adjacent to an activating group) is 1. The molecule has 7 N–H and O–H groups in total. The summed E-state index contributed by atoms with van der Waals surface area (Å²) >= 11 is 0. The maximum Gasteiger partial charge on any atom is 0.305 e. The standard InChI is InChI=1S/C31H37N3O10/c1-5-16(36)44-26-18-12(2)17-14(33-30(42)13-8-6-7-9-13)10-11-15(35)19(17)24(37)20(18)27(39)31(43)22(26)23(34(3)4)25(38)21(28(31)40)29(32)41/h10-13,18,22-23,26,35,37,40,43H,5-9H2,1-4H3,(H2,32,41)(H,33,42)/t12-,18+,22+,23-,26-,31-/m1/s1. The Kier molecular flexibility index (Phi) is 7.83. The number of rotatable bonds is 6. The van der Waals surface area contributed by atoms with Crippen LogP contribution in [0.2, 0.25) is 0 Å². The smallest absolute Gasteiger partial charge is 0.305 e. The highest BCUT2D eigenvalue weighted by Crippen LogP contribution is 2.58. The van der Waals surface area contributed by atoms with Gasteiger partial charge < -0.3 is 36.2 Å². The first-order valence-electron chi connectivity index (χ1n) is 14.7. The van der Waals surface area contributed by atoms with Crippen LogP contribution in [0.5, 0.6) is 5.75 Å². The van der Waals surface area contributed by atoms with Crippen LogP contribution in [0.4, 0.5) is 5.69 Å². The average Bonchev–Trinajstić information content (AvgIpc) is 3.50. The number of carbonyl (C=O) groups is 5. The number of fused-ring (bicyclic) bond motifs is 3. The van der Waals surface area contributed by atoms with Gasteiger partial charge in [0.05, 0.1) is 17.5 Å². The third-order valence-corrected chi connectivity index (χ3v) is 9.62. The van der Waals surface area contributed by atoms with Gasteiger partial charge in [-0.25, -0.2) is 0 Å². The van der Waals surface area contributed by atoms with E-state index in [0.29, 0.717) is 12.8 Å². The zero-order chi connectivity index (χ0) is 32.4. The van der Waals surface area contributed by atoms with Gasteiger partial charge in [-0.2, -0.15) is 0 Å². The number of nitrogens with two attached hydrogens (primary N) is 1. The third kappa shape index (κ3) is 4.40. The van der Waals surface area contributed by atoms with Crippen molar-refractivity contribution in [1.82, 2.24) is 4.90 Å². The van der Waals surface area contributed by atoms with E-state index in [1.807, 2.05) is 0 Å². The van der Waals surface area contributed by atoms with Crippen LogP contribution >= 0.6 is 0 Å². The molecule has 0 heterocycles. The summed E-state index contributed by atoms with van der Waals surface area (Å²) in [7, 11) is 2.90. The normalized spacial score (nSPS) is 30.2. The van der Waals surface area contributed by atoms with Gasteiger partial charge in [0.25, 0.3) is 5.91 Å². The maximum absolute atomic E-state index is 14.3. The number of anilines is 1. The lowest BCUT2D eigenvalue weighted by atomic mass is 9.54. The number of aromatic hydroxyl groups is 1. The number of benzene rings is 1. The average molecular weight is 612 g/mol. The van der Waals surface area contributed by atoms with Crippen molar-refractivity contribution in [3.05, 3.63) is 40.2 Å². The van der Waals surface area contributed by atoms with E-state index in [-0.39, 0.29) is 35.1 Å². The molecule has 1 aromatic rings. The Bertz CT molecular complexity index is 1540. The molecule has 4 aliphatic rings. The molecule has 44 heavy (non-hydrogen) atoms. The number of nitrogens with zero attached hydrogens (tertiary/aromatic N) is 1. The number of carbonyl (C=O) groups excluding carboxylic acids is 5. The van der Waals surface area contributed by atoms with E-state index in [4.69, 9.17) is 10.5 Å². The molecule has 0 bridgehead atoms. The molecule has 1 aromatic carbocycles. The summed E-state index contributed by atoms with van der Waals surface area (Å²) < 4.78 is 5.86. The van der Waals surface area contributed by atoms with Gasteiger partial charge in [-0.1, -0.05) is 26.7 Å². The zero-order valence-corrected chi connectivity index (χ0v) is 24.9. The van der Waals surface area contributed by atoms with E-state index in [1.165, 1.54) is 38.1 Å². The summed E-state index contributed by atoms with van der Waals surface area (Å²) in [5, 5.41) is 48.8. The Hall–Kier alpha value is -4.23. The van der Waals surface area contributed by atoms with Crippen LogP contribution in [0.15, 0.2) is 29.0 Å². The zero-order valence-electron chi connectivity index (χ0n) is 24.9. The molecule has 4 aliphatic carbocycles. The fourth-order valence-electron chi connectivity index (χ4n) is 7.58. The van der Waals surface area contributed by atoms with Crippen LogP contribution in [0.1, 0.15) is 63.0 Å². The lowest BCUT2D eigenvalue weighted by Gasteiger charge is -2.54. The molecule has 0 radical (unpaired) electrons. The third-order valence-electron chi connectivity index (χ3n) is 9.62. The minimum atomic E-state index is -3.02. The number of ether oxygens (including phenoxy) is 1. The Balaban J connectivity index is 1.79. The Morgan fingerprint density at radius 1 is 1.11 bits per heavy atom. The van der Waals surface area contributed by atoms with E-state index in [9.17, 15) is 44.4 Å². The number of hydrogen-bond donors (Lipinski definition) is 6. The molecule has 236 valence electrons. The Labute approximate surface area is 253 Å². The van der Waals surface area contributed by atoms with Crippen molar-refractivity contribution < 1.29 is 49.1 Å². The van der Waals surface area contributed by atoms with Crippen LogP contribution in [-0.2, 0) is 28.7 Å². The van der Waals surface area contributed by atoms with E-state index in [0.717, 1.165) is 12.8 Å². The first-order chi connectivity index (χ1) is 20.7. The predicted molar refractivity (Wildman–Crippen MR) is 155 cm³/mol. The minimum Gasteiger partial charge on any atom is -0.508 e. The summed E-state index contributed by atoms with van der Waals surface area (Å²) in [6, 6.07) is 1.25. The summed E-state index contributed by atoms with van der Waals surface area (Å²) in [6.45, 7) is 3.16. The molecule has 2 fully saturated rings. The molecule has 0 saturated heterocycles. The van der Waals surface area contributed by atoms with Crippen LogP contribution in [0.25, 0.3) is 5.76 Å². The van der Waals surface area contributed by atoms with Crippen molar-refractivity contribution >= 4 is 40.8 Å². The summed E-state index contributed by atoms with van der Waals surface area (Å²) in [5.41, 5.74) is 1.27. The largest absolute Gasteiger partial charge is 0.508 e. The Morgan fingerprint density at radius 3 is 2.32 bits per heavy atom. The van der Waals surface area contributed by atoms with Gasteiger partial charge in [0.1, 0.15) is 28.9 Å². The van der Waals surface area contributed by atoms with Crippen molar-refractivity contribution in [3.63, 3.8) is 0 Å². The number of phenols is 1. The SMILES string of the molecule is CCC(=O)O[C@@H]1[C@@H]2C(=C(O)c3c(O)ccc(NC(=O)C4CCCC4)c3[C@H]2C)C(=O)[C@@]2(O)C(O)=C(C(N)=O)C(=O)[C@H](N(C)C)[C@@H]12. The number of Topliss-reactive ketones (excluding diaryl/α,β-unsaturated/α-hetero) is 2. The molecule has 2 amide bonds. The van der Waals surface area contributed by atoms with E-state index in [1.54, 1.807) is 6.92 Å². The second-order valence-corrected chi connectivity index (χ2v) is 12.3. The van der Waals surface area contributed by atoms with Gasteiger partial charge in [0.2, 0.25) is 11.7 Å². The first kappa shape index (κ1) is 31.2. The number of hydrogen-bond acceptors (Lipinski definition) is 11. The summed E-state index contributed by atoms with van der Waals surface area (Å²) in [6.07, 6.45) is 1.62. The highest BCUT2D eigenvalue weighted by atomic mass is 16.5. The fraction of sp³-hybridized carbons (Fsp3) is 0.516. The molecule has 2 saturated carbocycles. The lowest BCUT2D eigenvalue weighted by Crippen LogP contribution is -2.71. The minimum absolute atomic E-state index is 0.128. The predicted octanol–water partition coefficient (Wildman–Crippen LogP) is 1.59. The molecule has 6 atom stereocenters. The fourth-order valence-corrected chi connectivity index (χ4v) is 7.58. The van der Waals surface area contributed by atoms with Crippen LogP contribution < -0.4 is 11.1 Å². The van der Waals surface area contributed by atoms with Crippen molar-refractivity contribution in [2.24, 2.45) is 23.5 Å².